The number of aliphatic hydroxyl groups is 2. The minimum Gasteiger partial charge on any atom is -0.491 e. The second kappa shape index (κ2) is 12.3. The Morgan fingerprint density at radius 2 is 1.32 bits per heavy atom. The summed E-state index contributed by atoms with van der Waals surface area (Å²) in [6.07, 6.45) is 4.46. The van der Waals surface area contributed by atoms with Crippen molar-refractivity contribution < 1.29 is 24.4 Å². The van der Waals surface area contributed by atoms with Gasteiger partial charge in [-0.05, 0) is 41.8 Å². The third kappa shape index (κ3) is 8.20. The Morgan fingerprint density at radius 1 is 0.821 bits per heavy atom. The Labute approximate surface area is 170 Å². The fraction of sp³-hybridized carbons (Fsp3) is 0.364. The Bertz CT molecular complexity index is 724. The molecule has 0 saturated heterocycles. The second-order valence-corrected chi connectivity index (χ2v) is 6.58. The number of rotatable bonds is 12. The van der Waals surface area contributed by atoms with E-state index in [0.29, 0.717) is 11.5 Å². The minimum absolute atomic E-state index is 0.143. The average Bonchev–Trinajstić information content (AvgIpc) is 2.72. The monoisotopic (exact) mass is 404 g/mol. The topological polar surface area (TPSA) is 68.2 Å². The van der Waals surface area contributed by atoms with Gasteiger partial charge in [-0.2, -0.15) is 0 Å². The van der Waals surface area contributed by atoms with Crippen molar-refractivity contribution in [2.24, 2.45) is 0 Å². The third-order valence-corrected chi connectivity index (χ3v) is 4.17. The molecule has 0 radical (unpaired) electrons. The number of terminal acetylenes is 1. The van der Waals surface area contributed by atoms with E-state index in [9.17, 15) is 10.2 Å². The van der Waals surface area contributed by atoms with Gasteiger partial charge in [-0.1, -0.05) is 30.2 Å². The molecule has 0 fully saturated rings. The molecule has 5 nitrogen and oxygen atoms in total. The number of hydrogen-bond acceptors (Lipinski definition) is 5. The molecule has 0 aromatic heterocycles. The van der Waals surface area contributed by atoms with E-state index < -0.39 is 12.2 Å². The zero-order valence-corrected chi connectivity index (χ0v) is 16.3. The lowest BCUT2D eigenvalue weighted by atomic mass is 10.0. The first-order valence-electron chi connectivity index (χ1n) is 8.97. The van der Waals surface area contributed by atoms with Crippen LogP contribution < -0.4 is 9.47 Å². The Balaban J connectivity index is 1.78. The van der Waals surface area contributed by atoms with E-state index in [1.165, 1.54) is 0 Å². The predicted molar refractivity (Wildman–Crippen MR) is 109 cm³/mol. The molecule has 0 aliphatic carbocycles. The third-order valence-electron chi connectivity index (χ3n) is 3.81. The molecule has 0 aliphatic heterocycles. The van der Waals surface area contributed by atoms with Crippen molar-refractivity contribution in [2.45, 2.75) is 18.6 Å². The number of benzene rings is 2. The molecule has 0 saturated carbocycles. The SMILES string of the molecule is C#CCOC[C@@H](O)COc1ccc(Cc2ccc(OC[C@H](O)CCl)cc2)cc1. The molecule has 0 bridgehead atoms. The summed E-state index contributed by atoms with van der Waals surface area (Å²) in [4.78, 5) is 0. The van der Waals surface area contributed by atoms with Gasteiger partial charge in [0.25, 0.3) is 0 Å². The lowest BCUT2D eigenvalue weighted by Crippen LogP contribution is -2.23. The Hall–Kier alpha value is -2.23. The molecule has 0 amide bonds. The van der Waals surface area contributed by atoms with E-state index in [2.05, 4.69) is 5.92 Å². The van der Waals surface area contributed by atoms with Gasteiger partial charge in [0.05, 0.1) is 12.5 Å². The highest BCUT2D eigenvalue weighted by molar-refractivity contribution is 6.18. The maximum atomic E-state index is 9.74. The number of ether oxygens (including phenoxy) is 3. The summed E-state index contributed by atoms with van der Waals surface area (Å²) >= 11 is 5.54. The van der Waals surface area contributed by atoms with Crippen LogP contribution in [-0.4, -0.2) is 54.7 Å². The van der Waals surface area contributed by atoms with Crippen molar-refractivity contribution >= 4 is 11.6 Å². The molecule has 2 N–H and O–H groups in total. The average molecular weight is 405 g/mol. The van der Waals surface area contributed by atoms with Crippen molar-refractivity contribution in [3.63, 3.8) is 0 Å². The summed E-state index contributed by atoms with van der Waals surface area (Å²) in [5, 5.41) is 19.2. The van der Waals surface area contributed by atoms with E-state index in [0.717, 1.165) is 17.5 Å². The van der Waals surface area contributed by atoms with Crippen LogP contribution in [0, 0.1) is 12.3 Å². The second-order valence-electron chi connectivity index (χ2n) is 6.27. The summed E-state index contributed by atoms with van der Waals surface area (Å²) in [6, 6.07) is 15.4. The lowest BCUT2D eigenvalue weighted by molar-refractivity contribution is 0.0229. The van der Waals surface area contributed by atoms with Gasteiger partial charge in [0.2, 0.25) is 0 Å². The van der Waals surface area contributed by atoms with Gasteiger partial charge < -0.3 is 24.4 Å². The summed E-state index contributed by atoms with van der Waals surface area (Å²) in [6.45, 7) is 0.639. The van der Waals surface area contributed by atoms with Crippen LogP contribution in [0.1, 0.15) is 11.1 Å². The van der Waals surface area contributed by atoms with Crippen LogP contribution in [0.4, 0.5) is 0 Å². The normalized spacial score (nSPS) is 12.8. The summed E-state index contributed by atoms with van der Waals surface area (Å²) in [5.41, 5.74) is 2.27. The zero-order chi connectivity index (χ0) is 20.2. The highest BCUT2D eigenvalue weighted by Gasteiger charge is 2.06. The lowest BCUT2D eigenvalue weighted by Gasteiger charge is -2.12. The minimum atomic E-state index is -0.723. The van der Waals surface area contributed by atoms with Crippen LogP contribution in [0.3, 0.4) is 0 Å². The first-order valence-corrected chi connectivity index (χ1v) is 9.51. The van der Waals surface area contributed by atoms with Crippen LogP contribution in [0.2, 0.25) is 0 Å². The largest absolute Gasteiger partial charge is 0.491 e. The highest BCUT2D eigenvalue weighted by Crippen LogP contribution is 2.18. The van der Waals surface area contributed by atoms with Crippen LogP contribution in [-0.2, 0) is 11.2 Å². The van der Waals surface area contributed by atoms with Crippen LogP contribution >= 0.6 is 11.6 Å². The molecule has 2 atom stereocenters. The van der Waals surface area contributed by atoms with E-state index >= 15 is 0 Å². The molecule has 0 unspecified atom stereocenters. The smallest absolute Gasteiger partial charge is 0.119 e. The van der Waals surface area contributed by atoms with Crippen molar-refractivity contribution in [1.82, 2.24) is 0 Å². The molecule has 2 rings (SSSR count). The van der Waals surface area contributed by atoms with Gasteiger partial charge in [0, 0.05) is 0 Å². The molecule has 6 heteroatoms. The summed E-state index contributed by atoms with van der Waals surface area (Å²) < 4.78 is 16.1. The molecule has 0 aliphatic rings. The number of hydrogen-bond donors (Lipinski definition) is 2. The molecule has 0 heterocycles. The fourth-order valence-corrected chi connectivity index (χ4v) is 2.46. The maximum Gasteiger partial charge on any atom is 0.119 e. The molecule has 2 aromatic carbocycles. The van der Waals surface area contributed by atoms with Crippen molar-refractivity contribution in [3.05, 3.63) is 59.7 Å². The molecular formula is C22H25ClO5. The Kier molecular flexibility index (Phi) is 9.67. The molecule has 2 aromatic rings. The van der Waals surface area contributed by atoms with Crippen molar-refractivity contribution in [1.29, 1.82) is 0 Å². The van der Waals surface area contributed by atoms with Crippen LogP contribution in [0.25, 0.3) is 0 Å². The van der Waals surface area contributed by atoms with E-state index in [-0.39, 0.29) is 32.3 Å². The van der Waals surface area contributed by atoms with Crippen molar-refractivity contribution in [3.8, 4) is 23.8 Å². The van der Waals surface area contributed by atoms with E-state index in [1.54, 1.807) is 0 Å². The van der Waals surface area contributed by atoms with Crippen LogP contribution in [0.15, 0.2) is 48.5 Å². The molecule has 0 spiro atoms. The summed E-state index contributed by atoms with van der Waals surface area (Å²) in [5.74, 6) is 3.87. The van der Waals surface area contributed by atoms with Gasteiger partial charge >= 0.3 is 0 Å². The van der Waals surface area contributed by atoms with Gasteiger partial charge in [0.1, 0.15) is 43.5 Å². The standard InChI is InChI=1S/C22H25ClO5/c1-2-11-26-14-20(25)16-28-22-9-5-18(6-10-22)12-17-3-7-21(8-4-17)27-15-19(24)13-23/h1,3-10,19-20,24-25H,11-16H2/t19-,20-/m1/s1. The van der Waals surface area contributed by atoms with Crippen LogP contribution in [0.5, 0.6) is 11.5 Å². The first kappa shape index (κ1) is 22.1. The van der Waals surface area contributed by atoms with Gasteiger partial charge in [-0.25, -0.2) is 0 Å². The zero-order valence-electron chi connectivity index (χ0n) is 15.6. The first-order chi connectivity index (χ1) is 13.6. The highest BCUT2D eigenvalue weighted by atomic mass is 35.5. The predicted octanol–water partition coefficient (Wildman–Crippen LogP) is 2.65. The van der Waals surface area contributed by atoms with E-state index in [1.807, 2.05) is 48.5 Å². The van der Waals surface area contributed by atoms with Gasteiger partial charge in [0.15, 0.2) is 0 Å². The van der Waals surface area contributed by atoms with Gasteiger partial charge in [-0.3, -0.25) is 0 Å². The quantitative estimate of drug-likeness (QED) is 0.323. The summed E-state index contributed by atoms with van der Waals surface area (Å²) in [7, 11) is 0. The Morgan fingerprint density at radius 3 is 1.79 bits per heavy atom. The molecular weight excluding hydrogens is 380 g/mol. The molecule has 150 valence electrons. The maximum absolute atomic E-state index is 9.74. The van der Waals surface area contributed by atoms with E-state index in [4.69, 9.17) is 32.2 Å². The number of alkyl halides is 1. The molecule has 28 heavy (non-hydrogen) atoms. The van der Waals surface area contributed by atoms with Crippen molar-refractivity contribution in [2.75, 3.05) is 32.3 Å². The number of halogens is 1. The number of aliphatic hydroxyl groups excluding tert-OH is 2. The fourth-order valence-electron chi connectivity index (χ4n) is 2.37. The van der Waals surface area contributed by atoms with Gasteiger partial charge in [-0.15, -0.1) is 18.0 Å².